The average molecular weight is 230 g/mol. The largest absolute Gasteiger partial charge is 0.381 e. The minimum absolute atomic E-state index is 0.509. The van der Waals surface area contributed by atoms with Gasteiger partial charge in [0, 0.05) is 11.1 Å². The molecule has 17 heavy (non-hydrogen) atoms. The third-order valence-corrected chi connectivity index (χ3v) is 2.71. The third-order valence-electron chi connectivity index (χ3n) is 2.71. The van der Waals surface area contributed by atoms with Gasteiger partial charge in [0.15, 0.2) is 11.6 Å². The van der Waals surface area contributed by atoms with E-state index < -0.39 is 0 Å². The van der Waals surface area contributed by atoms with Crippen molar-refractivity contribution in [1.29, 1.82) is 0 Å². The van der Waals surface area contributed by atoms with Gasteiger partial charge >= 0.3 is 0 Å². The van der Waals surface area contributed by atoms with Gasteiger partial charge in [0.25, 0.3) is 0 Å². The first kappa shape index (κ1) is 11.7. The Morgan fingerprint density at radius 2 is 2.12 bits per heavy atom. The van der Waals surface area contributed by atoms with Gasteiger partial charge in [-0.3, -0.25) is 0 Å². The first-order valence-corrected chi connectivity index (χ1v) is 5.89. The molecule has 0 fully saturated rings. The van der Waals surface area contributed by atoms with Crippen molar-refractivity contribution in [1.82, 2.24) is 5.16 Å². The smallest absolute Gasteiger partial charge is 0.172 e. The highest BCUT2D eigenvalue weighted by atomic mass is 16.5. The number of hydrogen-bond acceptors (Lipinski definition) is 3. The topological polar surface area (TPSA) is 52.0 Å². The maximum Gasteiger partial charge on any atom is 0.172 e. The molecule has 0 radical (unpaired) electrons. The number of anilines is 1. The summed E-state index contributed by atoms with van der Waals surface area (Å²) in [6.07, 6.45) is 0.888. The first-order valence-electron chi connectivity index (χ1n) is 5.89. The molecule has 0 amide bonds. The van der Waals surface area contributed by atoms with Crippen molar-refractivity contribution in [3.8, 4) is 11.3 Å². The SMILES string of the molecule is Cc1cccc(-c2onc(N)c2CC(C)C)c1. The van der Waals surface area contributed by atoms with E-state index in [0.717, 1.165) is 23.3 Å². The molecule has 1 aromatic carbocycles. The van der Waals surface area contributed by atoms with Crippen LogP contribution in [0.4, 0.5) is 5.82 Å². The Balaban J connectivity index is 2.45. The van der Waals surface area contributed by atoms with Crippen LogP contribution in [0.15, 0.2) is 28.8 Å². The Bertz CT molecular complexity index is 515. The van der Waals surface area contributed by atoms with Crippen molar-refractivity contribution in [2.24, 2.45) is 5.92 Å². The molecule has 3 nitrogen and oxygen atoms in total. The van der Waals surface area contributed by atoms with Crippen LogP contribution in [0.3, 0.4) is 0 Å². The molecule has 0 aliphatic heterocycles. The number of aromatic nitrogens is 1. The summed E-state index contributed by atoms with van der Waals surface area (Å²) >= 11 is 0. The molecule has 0 saturated carbocycles. The summed E-state index contributed by atoms with van der Waals surface area (Å²) in [5.41, 5.74) is 9.13. The molecule has 0 unspecified atom stereocenters. The Morgan fingerprint density at radius 1 is 1.35 bits per heavy atom. The van der Waals surface area contributed by atoms with Gasteiger partial charge < -0.3 is 10.3 Å². The number of rotatable bonds is 3. The Labute approximate surface area is 102 Å². The second kappa shape index (κ2) is 4.62. The predicted octanol–water partition coefficient (Wildman–Crippen LogP) is 3.43. The second-order valence-corrected chi connectivity index (χ2v) is 4.84. The zero-order valence-electron chi connectivity index (χ0n) is 10.5. The highest BCUT2D eigenvalue weighted by Crippen LogP contribution is 2.30. The van der Waals surface area contributed by atoms with Crippen molar-refractivity contribution >= 4 is 5.82 Å². The third kappa shape index (κ3) is 2.49. The van der Waals surface area contributed by atoms with E-state index in [2.05, 4.69) is 38.1 Å². The van der Waals surface area contributed by atoms with Gasteiger partial charge in [-0.25, -0.2) is 0 Å². The van der Waals surface area contributed by atoms with Crippen molar-refractivity contribution in [2.45, 2.75) is 27.2 Å². The molecule has 2 aromatic rings. The fraction of sp³-hybridized carbons (Fsp3) is 0.357. The van der Waals surface area contributed by atoms with E-state index in [0.29, 0.717) is 11.7 Å². The number of benzene rings is 1. The molecule has 2 N–H and O–H groups in total. The maximum atomic E-state index is 5.86. The van der Waals surface area contributed by atoms with Gasteiger partial charge in [-0.15, -0.1) is 0 Å². The van der Waals surface area contributed by atoms with Crippen molar-refractivity contribution in [2.75, 3.05) is 5.73 Å². The molecule has 3 heteroatoms. The summed E-state index contributed by atoms with van der Waals surface area (Å²) in [4.78, 5) is 0. The molecule has 0 bridgehead atoms. The zero-order valence-corrected chi connectivity index (χ0v) is 10.5. The lowest BCUT2D eigenvalue weighted by Crippen LogP contribution is -1.99. The van der Waals surface area contributed by atoms with Crippen LogP contribution < -0.4 is 5.73 Å². The molecule has 2 rings (SSSR count). The van der Waals surface area contributed by atoms with Crippen LogP contribution in [0.2, 0.25) is 0 Å². The molecule has 0 spiro atoms. The van der Waals surface area contributed by atoms with Crippen molar-refractivity contribution in [3.63, 3.8) is 0 Å². The number of aryl methyl sites for hydroxylation is 1. The fourth-order valence-corrected chi connectivity index (χ4v) is 1.94. The molecule has 1 heterocycles. The normalized spacial score (nSPS) is 11.1. The van der Waals surface area contributed by atoms with Crippen LogP contribution in [-0.2, 0) is 6.42 Å². The van der Waals surface area contributed by atoms with E-state index in [1.807, 2.05) is 12.1 Å². The summed E-state index contributed by atoms with van der Waals surface area (Å²) in [5.74, 6) is 1.84. The lowest BCUT2D eigenvalue weighted by atomic mass is 9.99. The van der Waals surface area contributed by atoms with Crippen LogP contribution in [-0.4, -0.2) is 5.16 Å². The predicted molar refractivity (Wildman–Crippen MR) is 69.6 cm³/mol. The van der Waals surface area contributed by atoms with Crippen LogP contribution in [0.1, 0.15) is 25.0 Å². The lowest BCUT2D eigenvalue weighted by molar-refractivity contribution is 0.434. The van der Waals surface area contributed by atoms with Crippen LogP contribution in [0.5, 0.6) is 0 Å². The molecule has 0 atom stereocenters. The van der Waals surface area contributed by atoms with Gasteiger partial charge in [0.05, 0.1) is 0 Å². The van der Waals surface area contributed by atoms with Gasteiger partial charge in [-0.2, -0.15) is 0 Å². The van der Waals surface area contributed by atoms with E-state index in [1.54, 1.807) is 0 Å². The molecular weight excluding hydrogens is 212 g/mol. The monoisotopic (exact) mass is 230 g/mol. The van der Waals surface area contributed by atoms with Gasteiger partial charge in [0.1, 0.15) is 0 Å². The van der Waals surface area contributed by atoms with E-state index >= 15 is 0 Å². The van der Waals surface area contributed by atoms with E-state index in [9.17, 15) is 0 Å². The quantitative estimate of drug-likeness (QED) is 0.878. The van der Waals surface area contributed by atoms with Gasteiger partial charge in [-0.1, -0.05) is 42.8 Å². The number of nitrogen functional groups attached to an aromatic ring is 1. The van der Waals surface area contributed by atoms with Gasteiger partial charge in [-0.05, 0) is 25.3 Å². The number of hydrogen-bond donors (Lipinski definition) is 1. The summed E-state index contributed by atoms with van der Waals surface area (Å²) < 4.78 is 5.36. The Kier molecular flexibility index (Phi) is 3.18. The van der Waals surface area contributed by atoms with Crippen LogP contribution >= 0.6 is 0 Å². The first-order chi connectivity index (χ1) is 8.08. The summed E-state index contributed by atoms with van der Waals surface area (Å²) in [6.45, 7) is 6.38. The lowest BCUT2D eigenvalue weighted by Gasteiger charge is -2.05. The molecule has 90 valence electrons. The average Bonchev–Trinajstić information content (AvgIpc) is 2.60. The number of nitrogens with two attached hydrogens (primary N) is 1. The van der Waals surface area contributed by atoms with Gasteiger partial charge in [0.2, 0.25) is 0 Å². The maximum absolute atomic E-state index is 5.86. The van der Waals surface area contributed by atoms with E-state index in [-0.39, 0.29) is 0 Å². The molecular formula is C14H18N2O. The number of nitrogens with zero attached hydrogens (tertiary/aromatic N) is 1. The minimum Gasteiger partial charge on any atom is -0.381 e. The zero-order chi connectivity index (χ0) is 12.4. The molecule has 0 aliphatic rings. The van der Waals surface area contributed by atoms with Crippen molar-refractivity contribution < 1.29 is 4.52 Å². The van der Waals surface area contributed by atoms with Crippen molar-refractivity contribution in [3.05, 3.63) is 35.4 Å². The molecule has 0 aliphatic carbocycles. The second-order valence-electron chi connectivity index (χ2n) is 4.84. The van der Waals surface area contributed by atoms with E-state index in [4.69, 9.17) is 10.3 Å². The van der Waals surface area contributed by atoms with E-state index in [1.165, 1.54) is 5.56 Å². The standard InChI is InChI=1S/C14H18N2O/c1-9(2)7-12-13(17-16-14(12)15)11-6-4-5-10(3)8-11/h4-6,8-9H,7H2,1-3H3,(H2,15,16). The fourth-order valence-electron chi connectivity index (χ4n) is 1.94. The van der Waals surface area contributed by atoms with Crippen LogP contribution in [0.25, 0.3) is 11.3 Å². The van der Waals surface area contributed by atoms with Crippen LogP contribution in [0, 0.1) is 12.8 Å². The Hall–Kier alpha value is -1.77. The Morgan fingerprint density at radius 3 is 2.76 bits per heavy atom. The summed E-state index contributed by atoms with van der Waals surface area (Å²) in [7, 11) is 0. The summed E-state index contributed by atoms with van der Waals surface area (Å²) in [6, 6.07) is 8.19. The highest BCUT2D eigenvalue weighted by Gasteiger charge is 2.16. The molecule has 0 saturated heterocycles. The summed E-state index contributed by atoms with van der Waals surface area (Å²) in [5, 5.41) is 3.88. The minimum atomic E-state index is 0.509. The highest BCUT2D eigenvalue weighted by molar-refractivity contribution is 5.66. The molecule has 1 aromatic heterocycles.